The molecule has 0 saturated heterocycles. The summed E-state index contributed by atoms with van der Waals surface area (Å²) in [5.74, 6) is -0.00632. The summed E-state index contributed by atoms with van der Waals surface area (Å²) < 4.78 is 53.3. The van der Waals surface area contributed by atoms with E-state index in [0.29, 0.717) is 28.0 Å². The molecule has 0 atom stereocenters. The van der Waals surface area contributed by atoms with E-state index in [2.05, 4.69) is 0 Å². The van der Waals surface area contributed by atoms with Gasteiger partial charge in [0.25, 0.3) is 0 Å². The lowest BCUT2D eigenvalue weighted by molar-refractivity contribution is -0.145. The molecular formula is C22H19F3O5. The van der Waals surface area contributed by atoms with Crippen molar-refractivity contribution in [3.05, 3.63) is 75.1 Å². The smallest absolute Gasteiger partial charge is 0.416 e. The highest BCUT2D eigenvalue weighted by atomic mass is 19.4. The molecule has 0 spiro atoms. The quantitative estimate of drug-likeness (QED) is 0.423. The molecule has 0 fully saturated rings. The topological polar surface area (TPSA) is 65.7 Å². The predicted molar refractivity (Wildman–Crippen MR) is 103 cm³/mol. The van der Waals surface area contributed by atoms with E-state index in [9.17, 15) is 22.8 Å². The van der Waals surface area contributed by atoms with Gasteiger partial charge in [-0.25, -0.2) is 4.79 Å². The maximum atomic E-state index is 12.6. The van der Waals surface area contributed by atoms with Gasteiger partial charge >= 0.3 is 17.8 Å². The average Bonchev–Trinajstić information content (AvgIpc) is 2.71. The zero-order valence-corrected chi connectivity index (χ0v) is 16.3. The summed E-state index contributed by atoms with van der Waals surface area (Å²) >= 11 is 0. The molecule has 0 aliphatic carbocycles. The van der Waals surface area contributed by atoms with Gasteiger partial charge < -0.3 is 13.9 Å². The molecule has 0 aliphatic rings. The number of hydrogen-bond acceptors (Lipinski definition) is 5. The van der Waals surface area contributed by atoms with Gasteiger partial charge in [0.2, 0.25) is 0 Å². The molecule has 1 aromatic heterocycles. The Kier molecular flexibility index (Phi) is 6.14. The first-order chi connectivity index (χ1) is 14.2. The number of halogens is 3. The van der Waals surface area contributed by atoms with E-state index in [1.54, 1.807) is 25.1 Å². The number of aryl methyl sites for hydroxylation is 1. The first kappa shape index (κ1) is 21.4. The number of methoxy groups -OCH3 is 1. The summed E-state index contributed by atoms with van der Waals surface area (Å²) in [4.78, 5) is 24.3. The van der Waals surface area contributed by atoms with Crippen LogP contribution in [-0.4, -0.2) is 13.1 Å². The molecule has 0 radical (unpaired) electrons. The first-order valence-electron chi connectivity index (χ1n) is 9.11. The van der Waals surface area contributed by atoms with Gasteiger partial charge in [-0.3, -0.25) is 4.79 Å². The lowest BCUT2D eigenvalue weighted by atomic mass is 10.0. The van der Waals surface area contributed by atoms with E-state index >= 15 is 0 Å². The Morgan fingerprint density at radius 1 is 1.10 bits per heavy atom. The standard InChI is InChI=1S/C22H19F3O5/c1-13-17-8-7-16(28-2)11-19(17)30-21(27)18(13)9-10-20(26)29-12-14-3-5-15(6-4-14)22(23,24)25/h3-8,11H,9-10,12H2,1-2H3. The molecule has 0 amide bonds. The molecule has 2 aromatic carbocycles. The Labute approximate surface area is 170 Å². The van der Waals surface area contributed by atoms with Crippen molar-refractivity contribution in [2.75, 3.05) is 7.11 Å². The number of rotatable bonds is 6. The summed E-state index contributed by atoms with van der Waals surface area (Å²) in [6, 6.07) is 9.52. The second-order valence-corrected chi connectivity index (χ2v) is 6.71. The fourth-order valence-corrected chi connectivity index (χ4v) is 3.04. The van der Waals surface area contributed by atoms with E-state index in [1.807, 2.05) is 0 Å². The molecule has 3 rings (SSSR count). The van der Waals surface area contributed by atoms with Crippen LogP contribution in [0, 0.1) is 6.92 Å². The van der Waals surface area contributed by atoms with Crippen LogP contribution in [0.1, 0.15) is 28.7 Å². The van der Waals surface area contributed by atoms with E-state index < -0.39 is 23.3 Å². The Morgan fingerprint density at radius 3 is 2.43 bits per heavy atom. The van der Waals surface area contributed by atoms with Gasteiger partial charge in [0.1, 0.15) is 17.9 Å². The van der Waals surface area contributed by atoms with Crippen LogP contribution in [0.4, 0.5) is 13.2 Å². The number of hydrogen-bond donors (Lipinski definition) is 0. The zero-order chi connectivity index (χ0) is 21.9. The lowest BCUT2D eigenvalue weighted by Gasteiger charge is -2.10. The molecule has 0 unspecified atom stereocenters. The minimum absolute atomic E-state index is 0.0616. The van der Waals surface area contributed by atoms with Crippen molar-refractivity contribution in [1.82, 2.24) is 0 Å². The fraction of sp³-hybridized carbons (Fsp3) is 0.273. The largest absolute Gasteiger partial charge is 0.497 e. The van der Waals surface area contributed by atoms with Crippen LogP contribution in [0.2, 0.25) is 0 Å². The summed E-state index contributed by atoms with van der Waals surface area (Å²) in [6.45, 7) is 1.62. The number of fused-ring (bicyclic) bond motifs is 1. The first-order valence-corrected chi connectivity index (χ1v) is 9.11. The zero-order valence-electron chi connectivity index (χ0n) is 16.3. The Bertz CT molecular complexity index is 1110. The fourth-order valence-electron chi connectivity index (χ4n) is 3.04. The maximum absolute atomic E-state index is 12.6. The number of esters is 1. The molecule has 0 bridgehead atoms. The van der Waals surface area contributed by atoms with E-state index in [1.165, 1.54) is 19.2 Å². The number of carbonyl (C=O) groups excluding carboxylic acids is 1. The van der Waals surface area contributed by atoms with Crippen molar-refractivity contribution in [2.24, 2.45) is 0 Å². The summed E-state index contributed by atoms with van der Waals surface area (Å²) in [7, 11) is 1.51. The summed E-state index contributed by atoms with van der Waals surface area (Å²) in [5, 5.41) is 0.739. The van der Waals surface area contributed by atoms with Crippen LogP contribution in [0.15, 0.2) is 51.7 Å². The van der Waals surface area contributed by atoms with Crippen molar-refractivity contribution >= 4 is 16.9 Å². The number of benzene rings is 2. The third-order valence-electron chi connectivity index (χ3n) is 4.75. The maximum Gasteiger partial charge on any atom is 0.416 e. The van der Waals surface area contributed by atoms with Crippen molar-refractivity contribution in [1.29, 1.82) is 0 Å². The van der Waals surface area contributed by atoms with Crippen LogP contribution in [0.3, 0.4) is 0 Å². The average molecular weight is 420 g/mol. The van der Waals surface area contributed by atoms with Gasteiger partial charge in [-0.05, 0) is 48.7 Å². The third kappa shape index (κ3) is 4.82. The SMILES string of the molecule is COc1ccc2c(C)c(CCC(=O)OCc3ccc(C(F)(F)F)cc3)c(=O)oc2c1. The van der Waals surface area contributed by atoms with Crippen LogP contribution < -0.4 is 10.4 Å². The van der Waals surface area contributed by atoms with Gasteiger partial charge in [-0.15, -0.1) is 0 Å². The Morgan fingerprint density at radius 2 is 1.80 bits per heavy atom. The van der Waals surface area contributed by atoms with E-state index in [4.69, 9.17) is 13.9 Å². The second-order valence-electron chi connectivity index (χ2n) is 6.71. The van der Waals surface area contributed by atoms with Crippen molar-refractivity contribution in [2.45, 2.75) is 32.5 Å². The summed E-state index contributed by atoms with van der Waals surface area (Å²) in [6.07, 6.45) is -4.35. The van der Waals surface area contributed by atoms with Gasteiger partial charge in [-0.1, -0.05) is 12.1 Å². The molecule has 3 aromatic rings. The number of alkyl halides is 3. The normalized spacial score (nSPS) is 11.5. The highest BCUT2D eigenvalue weighted by molar-refractivity contribution is 5.82. The lowest BCUT2D eigenvalue weighted by Crippen LogP contribution is -2.14. The van der Waals surface area contributed by atoms with E-state index in [-0.39, 0.29) is 19.4 Å². The van der Waals surface area contributed by atoms with Crippen LogP contribution in [0.5, 0.6) is 5.75 Å². The minimum Gasteiger partial charge on any atom is -0.497 e. The van der Waals surface area contributed by atoms with Crippen molar-refractivity contribution < 1.29 is 31.9 Å². The highest BCUT2D eigenvalue weighted by Crippen LogP contribution is 2.29. The molecule has 1 heterocycles. The number of ether oxygens (including phenoxy) is 2. The van der Waals surface area contributed by atoms with Crippen molar-refractivity contribution in [3.63, 3.8) is 0 Å². The Hall–Kier alpha value is -3.29. The van der Waals surface area contributed by atoms with Gasteiger partial charge in [-0.2, -0.15) is 13.2 Å². The Balaban J connectivity index is 1.63. The highest BCUT2D eigenvalue weighted by Gasteiger charge is 2.29. The molecule has 8 heteroatoms. The van der Waals surface area contributed by atoms with Crippen LogP contribution in [0.25, 0.3) is 11.0 Å². The third-order valence-corrected chi connectivity index (χ3v) is 4.75. The second kappa shape index (κ2) is 8.61. The molecular weight excluding hydrogens is 401 g/mol. The predicted octanol–water partition coefficient (Wildman–Crippen LogP) is 4.80. The molecule has 0 saturated carbocycles. The summed E-state index contributed by atoms with van der Waals surface area (Å²) in [5.41, 5.74) is 0.605. The van der Waals surface area contributed by atoms with Crippen LogP contribution in [-0.2, 0) is 28.7 Å². The molecule has 0 aliphatic heterocycles. The van der Waals surface area contributed by atoms with Gasteiger partial charge in [0.05, 0.1) is 12.7 Å². The number of carbonyl (C=O) groups is 1. The molecule has 0 N–H and O–H groups in total. The molecule has 30 heavy (non-hydrogen) atoms. The van der Waals surface area contributed by atoms with Gasteiger partial charge in [0.15, 0.2) is 0 Å². The van der Waals surface area contributed by atoms with Crippen LogP contribution >= 0.6 is 0 Å². The van der Waals surface area contributed by atoms with Gasteiger partial charge in [0, 0.05) is 23.4 Å². The van der Waals surface area contributed by atoms with E-state index in [0.717, 1.165) is 17.5 Å². The molecule has 5 nitrogen and oxygen atoms in total. The minimum atomic E-state index is -4.42. The monoisotopic (exact) mass is 420 g/mol. The molecule has 158 valence electrons. The van der Waals surface area contributed by atoms with Crippen molar-refractivity contribution in [3.8, 4) is 5.75 Å².